The predicted molar refractivity (Wildman–Crippen MR) is 79.3 cm³/mol. The van der Waals surface area contributed by atoms with Gasteiger partial charge in [-0.2, -0.15) is 0 Å². The molecule has 0 spiro atoms. The maximum atomic E-state index is 5.80. The van der Waals surface area contributed by atoms with Gasteiger partial charge in [-0.1, -0.05) is 19.1 Å². The van der Waals surface area contributed by atoms with Gasteiger partial charge in [-0.3, -0.25) is 0 Å². The Kier molecular flexibility index (Phi) is 3.69. The molecular weight excluding hydrogens is 256 g/mol. The molecule has 2 aromatic rings. The SMILES string of the molecule is CCc1cccc(OCCc2nc3c(s2)CCN3)c1. The number of nitrogens with one attached hydrogen (secondary N) is 1. The molecule has 0 bridgehead atoms. The molecular formula is C15H18N2OS. The van der Waals surface area contributed by atoms with Gasteiger partial charge in [0.1, 0.15) is 11.6 Å². The Labute approximate surface area is 117 Å². The Morgan fingerprint density at radius 1 is 1.42 bits per heavy atom. The van der Waals surface area contributed by atoms with Gasteiger partial charge < -0.3 is 10.1 Å². The second-order valence-corrected chi connectivity index (χ2v) is 5.82. The van der Waals surface area contributed by atoms with Crippen molar-refractivity contribution in [1.82, 2.24) is 4.98 Å². The van der Waals surface area contributed by atoms with E-state index < -0.39 is 0 Å². The lowest BCUT2D eigenvalue weighted by atomic mass is 10.2. The molecule has 2 heterocycles. The number of benzene rings is 1. The van der Waals surface area contributed by atoms with Crippen molar-refractivity contribution in [1.29, 1.82) is 0 Å². The van der Waals surface area contributed by atoms with Crippen LogP contribution in [0, 0.1) is 0 Å². The molecule has 1 aliphatic rings. The summed E-state index contributed by atoms with van der Waals surface area (Å²) in [6, 6.07) is 8.31. The molecule has 1 aliphatic heterocycles. The van der Waals surface area contributed by atoms with Crippen LogP contribution in [0.3, 0.4) is 0 Å². The first-order valence-electron chi connectivity index (χ1n) is 6.79. The molecule has 0 radical (unpaired) electrons. The Morgan fingerprint density at radius 3 is 3.21 bits per heavy atom. The van der Waals surface area contributed by atoms with Gasteiger partial charge in [0, 0.05) is 19.4 Å². The van der Waals surface area contributed by atoms with Crippen LogP contribution in [0.2, 0.25) is 0 Å². The van der Waals surface area contributed by atoms with Crippen molar-refractivity contribution in [2.24, 2.45) is 0 Å². The second-order valence-electron chi connectivity index (χ2n) is 4.66. The van der Waals surface area contributed by atoms with Crippen LogP contribution >= 0.6 is 11.3 Å². The first-order chi connectivity index (χ1) is 9.35. The van der Waals surface area contributed by atoms with E-state index in [1.807, 2.05) is 17.4 Å². The van der Waals surface area contributed by atoms with Crippen molar-refractivity contribution in [2.75, 3.05) is 18.5 Å². The van der Waals surface area contributed by atoms with Gasteiger partial charge >= 0.3 is 0 Å². The Morgan fingerprint density at radius 2 is 2.37 bits per heavy atom. The molecule has 1 N–H and O–H groups in total. The smallest absolute Gasteiger partial charge is 0.140 e. The summed E-state index contributed by atoms with van der Waals surface area (Å²) in [5.41, 5.74) is 1.31. The number of ether oxygens (including phenoxy) is 1. The van der Waals surface area contributed by atoms with E-state index in [1.54, 1.807) is 0 Å². The highest BCUT2D eigenvalue weighted by Crippen LogP contribution is 2.28. The summed E-state index contributed by atoms with van der Waals surface area (Å²) < 4.78 is 5.80. The molecule has 100 valence electrons. The number of thiazole rings is 1. The molecule has 0 unspecified atom stereocenters. The minimum Gasteiger partial charge on any atom is -0.493 e. The molecule has 4 heteroatoms. The molecule has 1 aromatic heterocycles. The van der Waals surface area contributed by atoms with Crippen molar-refractivity contribution in [2.45, 2.75) is 26.2 Å². The third kappa shape index (κ3) is 2.89. The number of aromatic nitrogens is 1. The van der Waals surface area contributed by atoms with Gasteiger partial charge in [-0.05, 0) is 24.1 Å². The molecule has 3 rings (SSSR count). The normalized spacial score (nSPS) is 13.1. The highest BCUT2D eigenvalue weighted by atomic mass is 32.1. The molecule has 1 aromatic carbocycles. The summed E-state index contributed by atoms with van der Waals surface area (Å²) in [7, 11) is 0. The first kappa shape index (κ1) is 12.5. The number of nitrogens with zero attached hydrogens (tertiary/aromatic N) is 1. The van der Waals surface area contributed by atoms with Crippen molar-refractivity contribution in [3.63, 3.8) is 0 Å². The maximum absolute atomic E-state index is 5.80. The van der Waals surface area contributed by atoms with Crippen LogP contribution < -0.4 is 10.1 Å². The Balaban J connectivity index is 1.54. The van der Waals surface area contributed by atoms with E-state index in [4.69, 9.17) is 4.74 Å². The lowest BCUT2D eigenvalue weighted by Gasteiger charge is -2.06. The number of aryl methyl sites for hydroxylation is 1. The average molecular weight is 274 g/mol. The molecule has 0 atom stereocenters. The topological polar surface area (TPSA) is 34.1 Å². The molecule has 0 aliphatic carbocycles. The van der Waals surface area contributed by atoms with E-state index in [0.29, 0.717) is 6.61 Å². The average Bonchev–Trinajstić information content (AvgIpc) is 3.00. The number of anilines is 1. The summed E-state index contributed by atoms with van der Waals surface area (Å²) in [4.78, 5) is 5.97. The zero-order valence-electron chi connectivity index (χ0n) is 11.1. The van der Waals surface area contributed by atoms with E-state index in [-0.39, 0.29) is 0 Å². The van der Waals surface area contributed by atoms with Gasteiger partial charge in [0.2, 0.25) is 0 Å². The van der Waals surface area contributed by atoms with E-state index >= 15 is 0 Å². The second kappa shape index (κ2) is 5.61. The van der Waals surface area contributed by atoms with E-state index in [9.17, 15) is 0 Å². The minimum atomic E-state index is 0.694. The van der Waals surface area contributed by atoms with Gasteiger partial charge in [-0.15, -0.1) is 11.3 Å². The highest BCUT2D eigenvalue weighted by molar-refractivity contribution is 7.12. The minimum absolute atomic E-state index is 0.694. The fraction of sp³-hybridized carbons (Fsp3) is 0.400. The number of rotatable bonds is 5. The highest BCUT2D eigenvalue weighted by Gasteiger charge is 2.15. The fourth-order valence-corrected chi connectivity index (χ4v) is 3.25. The van der Waals surface area contributed by atoms with Crippen LogP contribution in [0.1, 0.15) is 22.4 Å². The zero-order chi connectivity index (χ0) is 13.1. The molecule has 0 saturated heterocycles. The lowest BCUT2D eigenvalue weighted by Crippen LogP contribution is -2.02. The zero-order valence-corrected chi connectivity index (χ0v) is 11.9. The molecule has 0 amide bonds. The summed E-state index contributed by atoms with van der Waals surface area (Å²) >= 11 is 1.81. The fourth-order valence-electron chi connectivity index (χ4n) is 2.22. The van der Waals surface area contributed by atoms with Crippen molar-refractivity contribution >= 4 is 17.2 Å². The largest absolute Gasteiger partial charge is 0.493 e. The van der Waals surface area contributed by atoms with Crippen molar-refractivity contribution in [3.05, 3.63) is 39.7 Å². The van der Waals surface area contributed by atoms with Crippen LogP contribution in [-0.2, 0) is 19.3 Å². The molecule has 3 nitrogen and oxygen atoms in total. The van der Waals surface area contributed by atoms with E-state index in [0.717, 1.165) is 37.4 Å². The standard InChI is InChI=1S/C15H18N2OS/c1-2-11-4-3-5-12(10-11)18-9-7-14-17-15-13(19-14)6-8-16-15/h3-5,10,16H,2,6-9H2,1H3. The molecule has 19 heavy (non-hydrogen) atoms. The van der Waals surface area contributed by atoms with Crippen LogP contribution in [0.25, 0.3) is 0 Å². The summed E-state index contributed by atoms with van der Waals surface area (Å²) in [5, 5.41) is 4.47. The summed E-state index contributed by atoms with van der Waals surface area (Å²) in [6.45, 7) is 3.89. The van der Waals surface area contributed by atoms with Gasteiger partial charge in [0.25, 0.3) is 0 Å². The third-order valence-corrected chi connectivity index (χ3v) is 4.45. The monoisotopic (exact) mass is 274 g/mol. The third-order valence-electron chi connectivity index (χ3n) is 3.28. The number of hydrogen-bond acceptors (Lipinski definition) is 4. The van der Waals surface area contributed by atoms with E-state index in [1.165, 1.54) is 15.4 Å². The van der Waals surface area contributed by atoms with Crippen molar-refractivity contribution in [3.8, 4) is 5.75 Å². The van der Waals surface area contributed by atoms with Gasteiger partial charge in [0.15, 0.2) is 0 Å². The van der Waals surface area contributed by atoms with Gasteiger partial charge in [-0.25, -0.2) is 4.98 Å². The van der Waals surface area contributed by atoms with Crippen LogP contribution in [-0.4, -0.2) is 18.1 Å². The first-order valence-corrected chi connectivity index (χ1v) is 7.61. The van der Waals surface area contributed by atoms with Crippen LogP contribution in [0.4, 0.5) is 5.82 Å². The lowest BCUT2D eigenvalue weighted by molar-refractivity contribution is 0.321. The van der Waals surface area contributed by atoms with Crippen molar-refractivity contribution < 1.29 is 4.74 Å². The maximum Gasteiger partial charge on any atom is 0.140 e. The number of hydrogen-bond donors (Lipinski definition) is 1. The van der Waals surface area contributed by atoms with Gasteiger partial charge in [0.05, 0.1) is 16.5 Å². The molecule has 0 saturated carbocycles. The Bertz CT molecular complexity index is 544. The van der Waals surface area contributed by atoms with E-state index in [2.05, 4.69) is 35.4 Å². The summed E-state index contributed by atoms with van der Waals surface area (Å²) in [6.07, 6.45) is 3.05. The Hall–Kier alpha value is -1.55. The number of fused-ring (bicyclic) bond motifs is 1. The quantitative estimate of drug-likeness (QED) is 0.908. The van der Waals surface area contributed by atoms with Crippen LogP contribution in [0.15, 0.2) is 24.3 Å². The molecule has 0 fully saturated rings. The predicted octanol–water partition coefficient (Wildman–Crippen LogP) is 3.30. The summed E-state index contributed by atoms with van der Waals surface area (Å²) in [5.74, 6) is 2.05. The van der Waals surface area contributed by atoms with Crippen LogP contribution in [0.5, 0.6) is 5.75 Å².